The molecule has 0 amide bonds. The lowest BCUT2D eigenvalue weighted by molar-refractivity contribution is 0.414. The average molecular weight is 307 g/mol. The van der Waals surface area contributed by atoms with Crippen LogP contribution in [0.2, 0.25) is 0 Å². The van der Waals surface area contributed by atoms with Crippen LogP contribution in [-0.4, -0.2) is 15.5 Å². The van der Waals surface area contributed by atoms with Crippen LogP contribution in [-0.2, 0) is 16.8 Å². The van der Waals surface area contributed by atoms with E-state index in [1.807, 2.05) is 30.3 Å². The van der Waals surface area contributed by atoms with Gasteiger partial charge in [-0.25, -0.2) is 5.14 Å². The third-order valence-electron chi connectivity index (χ3n) is 2.75. The zero-order chi connectivity index (χ0) is 15.3. The van der Waals surface area contributed by atoms with E-state index < -0.39 is 10.2 Å². The standard InChI is InChI=1S/C14H17N3O3S/c1-20-14-7-2-4-11(8-14)10-16-12-5-3-6-13(9-12)17-21(15,18)19/h2-9,16-17H,10H2,1H3,(H2,15,18,19). The van der Waals surface area contributed by atoms with Crippen LogP contribution >= 0.6 is 0 Å². The van der Waals surface area contributed by atoms with Crippen molar-refractivity contribution in [2.24, 2.45) is 5.14 Å². The molecule has 0 radical (unpaired) electrons. The summed E-state index contributed by atoms with van der Waals surface area (Å²) in [5, 5.41) is 8.15. The Balaban J connectivity index is 2.04. The largest absolute Gasteiger partial charge is 0.497 e. The maximum atomic E-state index is 11.0. The molecule has 0 bridgehead atoms. The van der Waals surface area contributed by atoms with E-state index in [9.17, 15) is 8.42 Å². The molecule has 4 N–H and O–H groups in total. The molecule has 0 saturated carbocycles. The molecule has 2 rings (SSSR count). The van der Waals surface area contributed by atoms with Crippen molar-refractivity contribution >= 4 is 21.6 Å². The van der Waals surface area contributed by atoms with Gasteiger partial charge < -0.3 is 10.1 Å². The minimum absolute atomic E-state index is 0.410. The monoisotopic (exact) mass is 307 g/mol. The van der Waals surface area contributed by atoms with Crippen molar-refractivity contribution < 1.29 is 13.2 Å². The first-order valence-corrected chi connectivity index (χ1v) is 7.78. The Kier molecular flexibility index (Phi) is 4.66. The number of hydrogen-bond donors (Lipinski definition) is 3. The maximum Gasteiger partial charge on any atom is 0.296 e. The molecule has 112 valence electrons. The molecular weight excluding hydrogens is 290 g/mol. The van der Waals surface area contributed by atoms with Gasteiger partial charge >= 0.3 is 0 Å². The van der Waals surface area contributed by atoms with E-state index in [0.717, 1.165) is 17.0 Å². The molecule has 0 aliphatic heterocycles. The van der Waals surface area contributed by atoms with Crippen LogP contribution in [0.3, 0.4) is 0 Å². The summed E-state index contributed by atoms with van der Waals surface area (Å²) in [5.41, 5.74) is 2.25. The molecule has 0 unspecified atom stereocenters. The molecule has 6 nitrogen and oxygen atoms in total. The number of rotatable bonds is 6. The minimum atomic E-state index is -3.76. The van der Waals surface area contributed by atoms with Crippen molar-refractivity contribution in [3.05, 3.63) is 54.1 Å². The van der Waals surface area contributed by atoms with Crippen LogP contribution < -0.4 is 19.9 Å². The van der Waals surface area contributed by atoms with E-state index in [1.54, 1.807) is 25.3 Å². The molecule has 2 aromatic carbocycles. The third-order valence-corrected chi connectivity index (χ3v) is 3.27. The third kappa shape index (κ3) is 4.97. The number of ether oxygens (including phenoxy) is 1. The van der Waals surface area contributed by atoms with Gasteiger partial charge in [0.05, 0.1) is 12.8 Å². The molecule has 2 aromatic rings. The van der Waals surface area contributed by atoms with Gasteiger partial charge in [0.2, 0.25) is 0 Å². The summed E-state index contributed by atoms with van der Waals surface area (Å²) in [7, 11) is -2.14. The number of anilines is 2. The van der Waals surface area contributed by atoms with Gasteiger partial charge in [-0.05, 0) is 35.9 Å². The van der Waals surface area contributed by atoms with E-state index in [0.29, 0.717) is 12.2 Å². The van der Waals surface area contributed by atoms with Gasteiger partial charge in [0.25, 0.3) is 10.2 Å². The van der Waals surface area contributed by atoms with E-state index in [-0.39, 0.29) is 0 Å². The predicted octanol–water partition coefficient (Wildman–Crippen LogP) is 1.92. The van der Waals surface area contributed by atoms with E-state index >= 15 is 0 Å². The summed E-state index contributed by atoms with van der Waals surface area (Å²) in [5.74, 6) is 0.791. The first-order valence-electron chi connectivity index (χ1n) is 6.24. The van der Waals surface area contributed by atoms with Crippen LogP contribution in [0, 0.1) is 0 Å². The van der Waals surface area contributed by atoms with Crippen LogP contribution in [0.15, 0.2) is 48.5 Å². The smallest absolute Gasteiger partial charge is 0.296 e. The fraction of sp³-hybridized carbons (Fsp3) is 0.143. The molecule has 0 spiro atoms. The van der Waals surface area contributed by atoms with Crippen LogP contribution in [0.25, 0.3) is 0 Å². The second-order valence-electron chi connectivity index (χ2n) is 4.43. The second kappa shape index (κ2) is 6.47. The Hall–Kier alpha value is -2.25. The lowest BCUT2D eigenvalue weighted by atomic mass is 10.2. The van der Waals surface area contributed by atoms with Gasteiger partial charge in [0.1, 0.15) is 5.75 Å². The topological polar surface area (TPSA) is 93.4 Å². The van der Waals surface area contributed by atoms with Crippen molar-refractivity contribution in [3.63, 3.8) is 0 Å². The fourth-order valence-corrected chi connectivity index (χ4v) is 2.30. The van der Waals surface area contributed by atoms with Gasteiger partial charge in [-0.15, -0.1) is 0 Å². The maximum absolute atomic E-state index is 11.0. The van der Waals surface area contributed by atoms with Crippen molar-refractivity contribution in [2.75, 3.05) is 17.1 Å². The molecule has 0 saturated heterocycles. The Labute approximate surface area is 124 Å². The number of nitrogens with one attached hydrogen (secondary N) is 2. The zero-order valence-corrected chi connectivity index (χ0v) is 12.4. The second-order valence-corrected chi connectivity index (χ2v) is 5.73. The zero-order valence-electron chi connectivity index (χ0n) is 11.5. The van der Waals surface area contributed by atoms with Crippen molar-refractivity contribution in [2.45, 2.75) is 6.54 Å². The highest BCUT2D eigenvalue weighted by atomic mass is 32.2. The fourth-order valence-electron chi connectivity index (χ4n) is 1.84. The molecule has 0 fully saturated rings. The highest BCUT2D eigenvalue weighted by molar-refractivity contribution is 7.90. The predicted molar refractivity (Wildman–Crippen MR) is 83.5 cm³/mol. The average Bonchev–Trinajstić information content (AvgIpc) is 2.44. The first-order chi connectivity index (χ1) is 9.96. The van der Waals surface area contributed by atoms with E-state index in [4.69, 9.17) is 9.88 Å². The Morgan fingerprint density at radius 2 is 1.81 bits per heavy atom. The van der Waals surface area contributed by atoms with Gasteiger partial charge in [0.15, 0.2) is 0 Å². The molecule has 21 heavy (non-hydrogen) atoms. The van der Waals surface area contributed by atoms with Crippen LogP contribution in [0.5, 0.6) is 5.75 Å². The molecule has 0 aromatic heterocycles. The number of benzene rings is 2. The first kappa shape index (κ1) is 15.1. The molecule has 0 aliphatic rings. The number of methoxy groups -OCH3 is 1. The summed E-state index contributed by atoms with van der Waals surface area (Å²) in [6.45, 7) is 0.593. The Morgan fingerprint density at radius 3 is 2.52 bits per heavy atom. The Bertz CT molecular complexity index is 717. The summed E-state index contributed by atoms with van der Waals surface area (Å²) in [4.78, 5) is 0. The summed E-state index contributed by atoms with van der Waals surface area (Å²) in [6, 6.07) is 14.6. The lowest BCUT2D eigenvalue weighted by Gasteiger charge is -2.10. The number of nitrogens with two attached hydrogens (primary N) is 1. The van der Waals surface area contributed by atoms with Gasteiger partial charge in [-0.2, -0.15) is 8.42 Å². The normalized spacial score (nSPS) is 11.0. The SMILES string of the molecule is COc1cccc(CNc2cccc(NS(N)(=O)=O)c2)c1. The van der Waals surface area contributed by atoms with Crippen molar-refractivity contribution in [1.29, 1.82) is 0 Å². The highest BCUT2D eigenvalue weighted by Gasteiger charge is 2.03. The van der Waals surface area contributed by atoms with Crippen molar-refractivity contribution in [3.8, 4) is 5.75 Å². The highest BCUT2D eigenvalue weighted by Crippen LogP contribution is 2.18. The van der Waals surface area contributed by atoms with E-state index in [1.165, 1.54) is 0 Å². The van der Waals surface area contributed by atoms with Crippen molar-refractivity contribution in [1.82, 2.24) is 0 Å². The number of hydrogen-bond acceptors (Lipinski definition) is 4. The minimum Gasteiger partial charge on any atom is -0.497 e. The molecule has 0 aliphatic carbocycles. The van der Waals surface area contributed by atoms with Gasteiger partial charge in [-0.3, -0.25) is 4.72 Å². The molecule has 0 heterocycles. The van der Waals surface area contributed by atoms with Gasteiger partial charge in [-0.1, -0.05) is 18.2 Å². The van der Waals surface area contributed by atoms with Gasteiger partial charge in [0, 0.05) is 12.2 Å². The molecule has 0 atom stereocenters. The lowest BCUT2D eigenvalue weighted by Crippen LogP contribution is -2.21. The Morgan fingerprint density at radius 1 is 1.10 bits per heavy atom. The molecule has 7 heteroatoms. The summed E-state index contributed by atoms with van der Waals surface area (Å²) in [6.07, 6.45) is 0. The van der Waals surface area contributed by atoms with Crippen LogP contribution in [0.1, 0.15) is 5.56 Å². The van der Waals surface area contributed by atoms with E-state index in [2.05, 4.69) is 10.0 Å². The summed E-state index contributed by atoms with van der Waals surface area (Å²) >= 11 is 0. The summed E-state index contributed by atoms with van der Waals surface area (Å²) < 4.78 is 29.4. The molecular formula is C14H17N3O3S. The van der Waals surface area contributed by atoms with Crippen LogP contribution in [0.4, 0.5) is 11.4 Å². The quantitative estimate of drug-likeness (QED) is 0.760.